The maximum atomic E-state index is 10.5. The number of carbonyl (C=O) groups excluding carboxylic acids is 1. The van der Waals surface area contributed by atoms with Crippen molar-refractivity contribution in [3.05, 3.63) is 0 Å². The zero-order valence-electron chi connectivity index (χ0n) is 6.17. The number of rotatable bonds is 5. The van der Waals surface area contributed by atoms with E-state index in [1.807, 2.05) is 11.5 Å². The maximum Gasteiger partial charge on any atom is 0.243 e. The number of hydrogen-bond donors (Lipinski definition) is 2. The van der Waals surface area contributed by atoms with Gasteiger partial charge in [-0.1, -0.05) is 0 Å². The second-order valence-corrected chi connectivity index (χ2v) is 2.99. The number of nitriles is 1. The Morgan fingerprint density at radius 2 is 2.45 bits per heavy atom. The summed E-state index contributed by atoms with van der Waals surface area (Å²) in [5, 5.41) is 8.16. The molecule has 5 heteroatoms. The normalized spacial score (nSPS) is 8.73. The average Bonchev–Trinajstić information content (AvgIpc) is 2.04. The highest BCUT2D eigenvalue weighted by molar-refractivity contribution is 7.99. The SMILES string of the molecule is N#CCCCSCC(=O)NN. The molecule has 3 N–H and O–H groups in total. The van der Waals surface area contributed by atoms with Crippen LogP contribution in [0, 0.1) is 11.3 Å². The highest BCUT2D eigenvalue weighted by Crippen LogP contribution is 2.02. The molecule has 0 aliphatic rings. The molecule has 0 aromatic carbocycles. The van der Waals surface area contributed by atoms with E-state index in [-0.39, 0.29) is 5.91 Å². The molecule has 0 rings (SSSR count). The largest absolute Gasteiger partial charge is 0.294 e. The van der Waals surface area contributed by atoms with Crippen LogP contribution in [0.4, 0.5) is 0 Å². The first kappa shape index (κ1) is 10.3. The maximum absolute atomic E-state index is 10.5. The van der Waals surface area contributed by atoms with Crippen LogP contribution in [0.15, 0.2) is 0 Å². The summed E-state index contributed by atoms with van der Waals surface area (Å²) in [6.45, 7) is 0. The summed E-state index contributed by atoms with van der Waals surface area (Å²) < 4.78 is 0. The molecule has 1 amide bonds. The zero-order valence-corrected chi connectivity index (χ0v) is 6.99. The third-order valence-corrected chi connectivity index (χ3v) is 2.02. The van der Waals surface area contributed by atoms with Crippen molar-refractivity contribution in [3.63, 3.8) is 0 Å². The van der Waals surface area contributed by atoms with E-state index in [9.17, 15) is 4.79 Å². The Labute approximate surface area is 70.1 Å². The van der Waals surface area contributed by atoms with Gasteiger partial charge in [-0.25, -0.2) is 5.84 Å². The van der Waals surface area contributed by atoms with Crippen LogP contribution in [-0.4, -0.2) is 17.4 Å². The molecule has 0 spiro atoms. The topological polar surface area (TPSA) is 78.9 Å². The lowest BCUT2D eigenvalue weighted by Gasteiger charge is -1.97. The van der Waals surface area contributed by atoms with Gasteiger partial charge in [0.15, 0.2) is 0 Å². The predicted octanol–water partition coefficient (Wildman–Crippen LogP) is 0.0133. The second kappa shape index (κ2) is 7.38. The van der Waals surface area contributed by atoms with E-state index in [2.05, 4.69) is 0 Å². The van der Waals surface area contributed by atoms with Gasteiger partial charge in [0.05, 0.1) is 11.8 Å². The number of hydrogen-bond acceptors (Lipinski definition) is 4. The summed E-state index contributed by atoms with van der Waals surface area (Å²) in [5.41, 5.74) is 2.03. The Hall–Kier alpha value is -0.730. The van der Waals surface area contributed by atoms with Gasteiger partial charge in [0.1, 0.15) is 0 Å². The third-order valence-electron chi connectivity index (χ3n) is 0.971. The Balaban J connectivity index is 3.03. The minimum atomic E-state index is -0.174. The molecule has 0 saturated heterocycles. The summed E-state index contributed by atoms with van der Waals surface area (Å²) in [5.74, 6) is 5.88. The Bertz CT molecular complexity index is 154. The molecule has 0 radical (unpaired) electrons. The van der Waals surface area contributed by atoms with Crippen molar-refractivity contribution < 1.29 is 4.79 Å². The van der Waals surface area contributed by atoms with Crippen molar-refractivity contribution in [3.8, 4) is 6.07 Å². The van der Waals surface area contributed by atoms with Crippen LogP contribution in [-0.2, 0) is 4.79 Å². The van der Waals surface area contributed by atoms with E-state index in [1.165, 1.54) is 11.8 Å². The lowest BCUT2D eigenvalue weighted by Crippen LogP contribution is -2.31. The van der Waals surface area contributed by atoms with Gasteiger partial charge >= 0.3 is 0 Å². The van der Waals surface area contributed by atoms with Crippen molar-refractivity contribution in [1.82, 2.24) is 5.43 Å². The summed E-state index contributed by atoms with van der Waals surface area (Å²) in [6.07, 6.45) is 1.39. The lowest BCUT2D eigenvalue weighted by atomic mass is 10.4. The van der Waals surface area contributed by atoms with E-state index in [1.54, 1.807) is 0 Å². The molecule has 0 aromatic heterocycles. The predicted molar refractivity (Wildman–Crippen MR) is 44.5 cm³/mol. The van der Waals surface area contributed by atoms with Crippen LogP contribution in [0.2, 0.25) is 0 Å². The zero-order chi connectivity index (χ0) is 8.53. The number of hydrazine groups is 1. The van der Waals surface area contributed by atoms with Crippen LogP contribution < -0.4 is 11.3 Å². The number of nitrogens with one attached hydrogen (secondary N) is 1. The number of carbonyl (C=O) groups is 1. The molecular formula is C6H11N3OS. The Morgan fingerprint density at radius 3 is 3.00 bits per heavy atom. The Kier molecular flexibility index (Phi) is 6.89. The molecule has 4 nitrogen and oxygen atoms in total. The van der Waals surface area contributed by atoms with Crippen molar-refractivity contribution >= 4 is 17.7 Å². The van der Waals surface area contributed by atoms with Gasteiger partial charge in [-0.3, -0.25) is 10.2 Å². The first-order valence-corrected chi connectivity index (χ1v) is 4.41. The number of amides is 1. The summed E-state index contributed by atoms with van der Waals surface area (Å²) in [6, 6.07) is 2.03. The lowest BCUT2D eigenvalue weighted by molar-refractivity contribution is -0.118. The van der Waals surface area contributed by atoms with Gasteiger partial charge in [0.2, 0.25) is 5.91 Å². The fourth-order valence-electron chi connectivity index (χ4n) is 0.460. The molecule has 0 unspecified atom stereocenters. The van der Waals surface area contributed by atoms with Crippen LogP contribution >= 0.6 is 11.8 Å². The van der Waals surface area contributed by atoms with Crippen LogP contribution in [0.5, 0.6) is 0 Å². The number of nitrogens with zero attached hydrogens (tertiary/aromatic N) is 1. The first-order valence-electron chi connectivity index (χ1n) is 3.25. The quantitative estimate of drug-likeness (QED) is 0.266. The smallest absolute Gasteiger partial charge is 0.243 e. The van der Waals surface area contributed by atoms with Crippen molar-refractivity contribution in [2.45, 2.75) is 12.8 Å². The number of thioether (sulfide) groups is 1. The van der Waals surface area contributed by atoms with Crippen molar-refractivity contribution in [1.29, 1.82) is 5.26 Å². The summed E-state index contributed by atoms with van der Waals surface area (Å²) >= 11 is 1.48. The molecule has 0 fully saturated rings. The minimum Gasteiger partial charge on any atom is -0.294 e. The van der Waals surface area contributed by atoms with Gasteiger partial charge in [-0.15, -0.1) is 0 Å². The van der Waals surface area contributed by atoms with E-state index in [0.717, 1.165) is 12.2 Å². The highest BCUT2D eigenvalue weighted by atomic mass is 32.2. The molecule has 0 heterocycles. The number of nitrogens with two attached hydrogens (primary N) is 1. The molecule has 0 saturated carbocycles. The molecule has 0 aliphatic heterocycles. The molecule has 0 aromatic rings. The van der Waals surface area contributed by atoms with Crippen LogP contribution in [0.3, 0.4) is 0 Å². The van der Waals surface area contributed by atoms with Crippen molar-refractivity contribution in [2.24, 2.45) is 5.84 Å². The standard InChI is InChI=1S/C6H11N3OS/c7-3-1-2-4-11-5-6(10)9-8/h1-2,4-5,8H2,(H,9,10). The van der Waals surface area contributed by atoms with Gasteiger partial charge in [-0.05, 0) is 12.2 Å². The Morgan fingerprint density at radius 1 is 1.73 bits per heavy atom. The van der Waals surface area contributed by atoms with Gasteiger partial charge in [0.25, 0.3) is 0 Å². The first-order chi connectivity index (χ1) is 5.31. The van der Waals surface area contributed by atoms with Crippen LogP contribution in [0.1, 0.15) is 12.8 Å². The van der Waals surface area contributed by atoms with Crippen molar-refractivity contribution in [2.75, 3.05) is 11.5 Å². The second-order valence-electron chi connectivity index (χ2n) is 1.88. The number of unbranched alkanes of at least 4 members (excludes halogenated alkanes) is 1. The van der Waals surface area contributed by atoms with Gasteiger partial charge in [0, 0.05) is 6.42 Å². The minimum absolute atomic E-state index is 0.174. The molecule has 11 heavy (non-hydrogen) atoms. The van der Waals surface area contributed by atoms with E-state index >= 15 is 0 Å². The van der Waals surface area contributed by atoms with Crippen LogP contribution in [0.25, 0.3) is 0 Å². The molecular weight excluding hydrogens is 162 g/mol. The fourth-order valence-corrected chi connectivity index (χ4v) is 1.22. The van der Waals surface area contributed by atoms with Gasteiger partial charge in [-0.2, -0.15) is 17.0 Å². The molecule has 0 aliphatic carbocycles. The van der Waals surface area contributed by atoms with E-state index in [4.69, 9.17) is 11.1 Å². The average molecular weight is 173 g/mol. The highest BCUT2D eigenvalue weighted by Gasteiger charge is 1.96. The molecule has 0 bridgehead atoms. The van der Waals surface area contributed by atoms with E-state index < -0.39 is 0 Å². The third kappa shape index (κ3) is 7.16. The van der Waals surface area contributed by atoms with E-state index in [0.29, 0.717) is 12.2 Å². The fraction of sp³-hybridized carbons (Fsp3) is 0.667. The molecule has 0 atom stereocenters. The monoisotopic (exact) mass is 173 g/mol. The summed E-state index contributed by atoms with van der Waals surface area (Å²) in [7, 11) is 0. The van der Waals surface area contributed by atoms with Gasteiger partial charge < -0.3 is 0 Å². The molecule has 62 valence electrons. The summed E-state index contributed by atoms with van der Waals surface area (Å²) in [4.78, 5) is 10.5.